The molecule has 0 radical (unpaired) electrons. The number of ether oxygens (including phenoxy) is 1. The summed E-state index contributed by atoms with van der Waals surface area (Å²) in [5, 5.41) is 0. The van der Waals surface area contributed by atoms with E-state index in [4.69, 9.17) is 10.5 Å². The first-order valence-corrected chi connectivity index (χ1v) is 8.05. The third-order valence-corrected chi connectivity index (χ3v) is 4.84. The van der Waals surface area contributed by atoms with Gasteiger partial charge < -0.3 is 10.5 Å². The quantitative estimate of drug-likeness (QED) is 0.906. The fraction of sp³-hybridized carbons (Fsp3) is 0.667. The number of nitrogens with zero attached hydrogens (tertiary/aromatic N) is 1. The molecule has 0 bridgehead atoms. The normalized spacial score (nSPS) is 26.3. The molecule has 0 aromatic heterocycles. The lowest BCUT2D eigenvalue weighted by atomic mass is 9.84. The summed E-state index contributed by atoms with van der Waals surface area (Å²) in [6.45, 7) is 9.96. The van der Waals surface area contributed by atoms with Crippen LogP contribution in [0.25, 0.3) is 0 Å². The highest BCUT2D eigenvalue weighted by molar-refractivity contribution is 5.34. The number of rotatable bonds is 5. The lowest BCUT2D eigenvalue weighted by molar-refractivity contribution is 0.0396. The van der Waals surface area contributed by atoms with Crippen molar-refractivity contribution >= 4 is 0 Å². The number of likely N-dealkylation sites (tertiary alicyclic amines) is 1. The lowest BCUT2D eigenvalue weighted by Gasteiger charge is -2.47. The number of hydrogen-bond acceptors (Lipinski definition) is 3. The number of para-hydroxylation sites is 1. The number of piperidine rings is 1. The molecule has 3 atom stereocenters. The maximum Gasteiger partial charge on any atom is 0.122 e. The molecule has 1 heterocycles. The highest BCUT2D eigenvalue weighted by atomic mass is 16.5. The molecule has 0 saturated carbocycles. The van der Waals surface area contributed by atoms with E-state index in [0.717, 1.165) is 37.1 Å². The van der Waals surface area contributed by atoms with E-state index in [2.05, 4.69) is 37.8 Å². The Hall–Kier alpha value is -1.06. The molecule has 1 saturated heterocycles. The van der Waals surface area contributed by atoms with Crippen molar-refractivity contribution in [2.75, 3.05) is 26.7 Å². The van der Waals surface area contributed by atoms with Gasteiger partial charge in [-0.2, -0.15) is 0 Å². The van der Waals surface area contributed by atoms with Crippen molar-refractivity contribution in [1.29, 1.82) is 0 Å². The Balaban J connectivity index is 2.20. The Labute approximate surface area is 129 Å². The minimum Gasteiger partial charge on any atom is -0.496 e. The van der Waals surface area contributed by atoms with Crippen LogP contribution in [0.4, 0.5) is 0 Å². The summed E-state index contributed by atoms with van der Waals surface area (Å²) in [7, 11) is 1.74. The molecule has 21 heavy (non-hydrogen) atoms. The number of benzene rings is 1. The number of nitrogens with two attached hydrogens (primary N) is 1. The maximum absolute atomic E-state index is 6.19. The Kier molecular flexibility index (Phi) is 5.28. The zero-order valence-electron chi connectivity index (χ0n) is 13.9. The molecule has 0 aliphatic carbocycles. The van der Waals surface area contributed by atoms with Gasteiger partial charge in [0.2, 0.25) is 0 Å². The fourth-order valence-electron chi connectivity index (χ4n) is 3.68. The van der Waals surface area contributed by atoms with E-state index in [0.29, 0.717) is 6.54 Å². The number of hydrogen-bond donors (Lipinski definition) is 1. The molecular formula is C18H30N2O. The Morgan fingerprint density at radius 1 is 1.24 bits per heavy atom. The topological polar surface area (TPSA) is 38.5 Å². The van der Waals surface area contributed by atoms with E-state index in [-0.39, 0.29) is 5.54 Å². The van der Waals surface area contributed by atoms with E-state index in [9.17, 15) is 0 Å². The van der Waals surface area contributed by atoms with Crippen LogP contribution in [0.2, 0.25) is 0 Å². The summed E-state index contributed by atoms with van der Waals surface area (Å²) < 4.78 is 5.51. The summed E-state index contributed by atoms with van der Waals surface area (Å²) >= 11 is 0. The van der Waals surface area contributed by atoms with E-state index in [1.165, 1.54) is 12.0 Å². The van der Waals surface area contributed by atoms with Crippen LogP contribution in [0, 0.1) is 11.8 Å². The molecule has 118 valence electrons. The van der Waals surface area contributed by atoms with Gasteiger partial charge >= 0.3 is 0 Å². The Bertz CT molecular complexity index is 452. The Morgan fingerprint density at radius 3 is 2.43 bits per heavy atom. The van der Waals surface area contributed by atoms with Crippen LogP contribution < -0.4 is 10.5 Å². The highest BCUT2D eigenvalue weighted by Gasteiger charge is 2.35. The maximum atomic E-state index is 6.19. The predicted octanol–water partition coefficient (Wildman–Crippen LogP) is 2.93. The van der Waals surface area contributed by atoms with Crippen LogP contribution in [-0.4, -0.2) is 37.2 Å². The SMILES string of the molecule is COc1ccccc1CC(C)(CN)N1CC(C)CC(C)C1. The van der Waals surface area contributed by atoms with Crippen LogP contribution in [0.15, 0.2) is 24.3 Å². The summed E-state index contributed by atoms with van der Waals surface area (Å²) in [6.07, 6.45) is 2.26. The van der Waals surface area contributed by atoms with Crippen molar-refractivity contribution in [2.45, 2.75) is 39.2 Å². The van der Waals surface area contributed by atoms with Gasteiger partial charge in [-0.3, -0.25) is 4.90 Å². The summed E-state index contributed by atoms with van der Waals surface area (Å²) in [6, 6.07) is 8.29. The van der Waals surface area contributed by atoms with Gasteiger partial charge in [-0.1, -0.05) is 32.0 Å². The molecule has 1 aromatic carbocycles. The van der Waals surface area contributed by atoms with Crippen molar-refractivity contribution in [3.63, 3.8) is 0 Å². The minimum atomic E-state index is -0.00241. The molecule has 3 nitrogen and oxygen atoms in total. The average Bonchev–Trinajstić information content (AvgIpc) is 2.46. The standard InChI is InChI=1S/C18H30N2O/c1-14-9-15(2)12-20(11-14)18(3,13-19)10-16-7-5-6-8-17(16)21-4/h5-8,14-15H,9-13,19H2,1-4H3. The van der Waals surface area contributed by atoms with Gasteiger partial charge in [0.1, 0.15) is 5.75 Å². The van der Waals surface area contributed by atoms with Crippen molar-refractivity contribution in [3.05, 3.63) is 29.8 Å². The predicted molar refractivity (Wildman–Crippen MR) is 88.7 cm³/mol. The van der Waals surface area contributed by atoms with Gasteiger partial charge in [-0.25, -0.2) is 0 Å². The Morgan fingerprint density at radius 2 is 1.86 bits per heavy atom. The molecule has 1 aliphatic heterocycles. The van der Waals surface area contributed by atoms with Gasteiger partial charge in [0, 0.05) is 25.2 Å². The molecule has 1 aromatic rings. The van der Waals surface area contributed by atoms with Crippen molar-refractivity contribution < 1.29 is 4.74 Å². The lowest BCUT2D eigenvalue weighted by Crippen LogP contribution is -2.57. The smallest absolute Gasteiger partial charge is 0.122 e. The van der Waals surface area contributed by atoms with Crippen molar-refractivity contribution in [3.8, 4) is 5.75 Å². The summed E-state index contributed by atoms with van der Waals surface area (Å²) in [4.78, 5) is 2.60. The van der Waals surface area contributed by atoms with E-state index < -0.39 is 0 Å². The highest BCUT2D eigenvalue weighted by Crippen LogP contribution is 2.31. The fourth-order valence-corrected chi connectivity index (χ4v) is 3.68. The van der Waals surface area contributed by atoms with Crippen LogP contribution in [0.5, 0.6) is 5.75 Å². The summed E-state index contributed by atoms with van der Waals surface area (Å²) in [5.41, 5.74) is 7.43. The van der Waals surface area contributed by atoms with Gasteiger partial charge in [0.05, 0.1) is 7.11 Å². The van der Waals surface area contributed by atoms with Crippen molar-refractivity contribution in [2.24, 2.45) is 17.6 Å². The molecule has 2 rings (SSSR count). The second-order valence-corrected chi connectivity index (χ2v) is 7.04. The van der Waals surface area contributed by atoms with Crippen molar-refractivity contribution in [1.82, 2.24) is 4.90 Å². The monoisotopic (exact) mass is 290 g/mol. The first-order chi connectivity index (χ1) is 9.98. The third-order valence-electron chi connectivity index (χ3n) is 4.84. The molecule has 3 heteroatoms. The third kappa shape index (κ3) is 3.78. The number of methoxy groups -OCH3 is 1. The second-order valence-electron chi connectivity index (χ2n) is 7.04. The first kappa shape index (κ1) is 16.3. The first-order valence-electron chi connectivity index (χ1n) is 8.05. The molecule has 1 aliphatic rings. The van der Waals surface area contributed by atoms with E-state index >= 15 is 0 Å². The molecule has 1 fully saturated rings. The van der Waals surface area contributed by atoms with E-state index in [1.807, 2.05) is 12.1 Å². The van der Waals surface area contributed by atoms with Crippen LogP contribution in [-0.2, 0) is 6.42 Å². The van der Waals surface area contributed by atoms with Gasteiger partial charge in [0.25, 0.3) is 0 Å². The minimum absolute atomic E-state index is 0.00241. The van der Waals surface area contributed by atoms with Gasteiger partial charge in [-0.15, -0.1) is 0 Å². The molecule has 0 amide bonds. The molecule has 3 unspecified atom stereocenters. The second kappa shape index (κ2) is 6.80. The molecule has 2 N–H and O–H groups in total. The molecule has 0 spiro atoms. The largest absolute Gasteiger partial charge is 0.496 e. The van der Waals surface area contributed by atoms with Gasteiger partial charge in [0.15, 0.2) is 0 Å². The van der Waals surface area contributed by atoms with Gasteiger partial charge in [-0.05, 0) is 43.2 Å². The zero-order valence-corrected chi connectivity index (χ0v) is 13.9. The summed E-state index contributed by atoms with van der Waals surface area (Å²) in [5.74, 6) is 2.46. The zero-order chi connectivity index (χ0) is 15.5. The van der Waals surface area contributed by atoms with Crippen LogP contribution in [0.3, 0.4) is 0 Å². The van der Waals surface area contributed by atoms with Crippen LogP contribution in [0.1, 0.15) is 32.8 Å². The molecular weight excluding hydrogens is 260 g/mol. The van der Waals surface area contributed by atoms with Crippen LogP contribution >= 0.6 is 0 Å². The van der Waals surface area contributed by atoms with E-state index in [1.54, 1.807) is 7.11 Å². The average molecular weight is 290 g/mol.